The van der Waals surface area contributed by atoms with Crippen molar-refractivity contribution in [2.45, 2.75) is 25.1 Å². The lowest BCUT2D eigenvalue weighted by atomic mass is 10.0. The fourth-order valence-corrected chi connectivity index (χ4v) is 3.13. The molecule has 0 unspecified atom stereocenters. The molecule has 0 amide bonds. The van der Waals surface area contributed by atoms with Gasteiger partial charge in [-0.15, -0.1) is 0 Å². The molecule has 0 aliphatic carbocycles. The Morgan fingerprint density at radius 1 is 1.32 bits per heavy atom. The van der Waals surface area contributed by atoms with Crippen LogP contribution in [0.2, 0.25) is 0 Å². The van der Waals surface area contributed by atoms with Crippen molar-refractivity contribution in [3.63, 3.8) is 0 Å². The van der Waals surface area contributed by atoms with E-state index in [1.807, 2.05) is 35.2 Å². The van der Waals surface area contributed by atoms with Crippen molar-refractivity contribution in [3.8, 4) is 5.75 Å². The lowest BCUT2D eigenvalue weighted by Crippen LogP contribution is -2.36. The summed E-state index contributed by atoms with van der Waals surface area (Å²) in [4.78, 5) is 13.7. The second-order valence-electron chi connectivity index (χ2n) is 5.64. The van der Waals surface area contributed by atoms with Crippen molar-refractivity contribution >= 4 is 16.7 Å². The quantitative estimate of drug-likeness (QED) is 0.844. The second kappa shape index (κ2) is 5.94. The number of esters is 1. The third kappa shape index (κ3) is 2.65. The normalized spacial score (nSPS) is 22.1. The molecule has 22 heavy (non-hydrogen) atoms. The van der Waals surface area contributed by atoms with Crippen LogP contribution < -0.4 is 0 Å². The number of aliphatic hydroxyl groups excluding tert-OH is 1. The van der Waals surface area contributed by atoms with Crippen LogP contribution in [-0.2, 0) is 16.1 Å². The molecule has 1 saturated heterocycles. The van der Waals surface area contributed by atoms with Gasteiger partial charge in [0.1, 0.15) is 11.8 Å². The van der Waals surface area contributed by atoms with E-state index in [0.717, 1.165) is 16.3 Å². The topological polar surface area (TPSA) is 70.0 Å². The third-order valence-corrected chi connectivity index (χ3v) is 4.23. The Labute approximate surface area is 128 Å². The van der Waals surface area contributed by atoms with Gasteiger partial charge >= 0.3 is 5.97 Å². The van der Waals surface area contributed by atoms with Gasteiger partial charge in [-0.25, -0.2) is 0 Å². The summed E-state index contributed by atoms with van der Waals surface area (Å²) in [6.07, 6.45) is -0.195. The van der Waals surface area contributed by atoms with Crippen LogP contribution >= 0.6 is 0 Å². The summed E-state index contributed by atoms with van der Waals surface area (Å²) in [6.45, 7) is 0.784. The zero-order valence-corrected chi connectivity index (χ0v) is 12.4. The van der Waals surface area contributed by atoms with Crippen molar-refractivity contribution in [2.24, 2.45) is 0 Å². The van der Waals surface area contributed by atoms with Gasteiger partial charge in [-0.05, 0) is 16.8 Å². The summed E-state index contributed by atoms with van der Waals surface area (Å²) in [5.41, 5.74) is 0.765. The first-order valence-corrected chi connectivity index (χ1v) is 7.29. The monoisotopic (exact) mass is 301 g/mol. The number of phenolic OH excluding ortho intramolecular Hbond substituents is 1. The van der Waals surface area contributed by atoms with E-state index in [-0.39, 0.29) is 11.7 Å². The van der Waals surface area contributed by atoms with Crippen LogP contribution in [0.1, 0.15) is 12.0 Å². The molecule has 3 rings (SSSR count). The van der Waals surface area contributed by atoms with Gasteiger partial charge in [0.05, 0.1) is 13.2 Å². The minimum Gasteiger partial charge on any atom is -0.508 e. The van der Waals surface area contributed by atoms with E-state index in [4.69, 9.17) is 4.74 Å². The summed E-state index contributed by atoms with van der Waals surface area (Å²) in [7, 11) is 1.35. The van der Waals surface area contributed by atoms with Crippen LogP contribution in [0.15, 0.2) is 36.4 Å². The molecular weight excluding hydrogens is 282 g/mol. The highest BCUT2D eigenvalue weighted by Gasteiger charge is 2.37. The van der Waals surface area contributed by atoms with Gasteiger partial charge in [0, 0.05) is 25.1 Å². The van der Waals surface area contributed by atoms with Crippen LogP contribution in [0.3, 0.4) is 0 Å². The molecule has 0 radical (unpaired) electrons. The molecule has 2 aromatic rings. The minimum absolute atomic E-state index is 0.198. The second-order valence-corrected chi connectivity index (χ2v) is 5.64. The Morgan fingerprint density at radius 2 is 2.09 bits per heavy atom. The maximum atomic E-state index is 11.9. The lowest BCUT2D eigenvalue weighted by Gasteiger charge is -2.23. The number of likely N-dealkylation sites (tertiary alicyclic amines) is 1. The highest BCUT2D eigenvalue weighted by molar-refractivity contribution is 5.87. The number of aliphatic hydroxyl groups is 1. The molecule has 0 saturated carbocycles. The number of hydrogen-bond acceptors (Lipinski definition) is 5. The molecule has 0 aromatic heterocycles. The molecule has 2 aromatic carbocycles. The van der Waals surface area contributed by atoms with Crippen molar-refractivity contribution < 1.29 is 19.7 Å². The predicted molar refractivity (Wildman–Crippen MR) is 82.5 cm³/mol. The van der Waals surface area contributed by atoms with Gasteiger partial charge in [0.25, 0.3) is 0 Å². The molecule has 5 nitrogen and oxygen atoms in total. The maximum Gasteiger partial charge on any atom is 0.323 e. The smallest absolute Gasteiger partial charge is 0.323 e. The highest BCUT2D eigenvalue weighted by atomic mass is 16.5. The number of phenols is 1. The first-order chi connectivity index (χ1) is 10.6. The van der Waals surface area contributed by atoms with Gasteiger partial charge in [-0.1, -0.05) is 30.3 Å². The van der Waals surface area contributed by atoms with E-state index in [1.54, 1.807) is 6.07 Å². The largest absolute Gasteiger partial charge is 0.508 e. The van der Waals surface area contributed by atoms with Crippen molar-refractivity contribution in [1.29, 1.82) is 0 Å². The number of benzene rings is 2. The van der Waals surface area contributed by atoms with Crippen LogP contribution in [0, 0.1) is 0 Å². The molecule has 1 aliphatic heterocycles. The molecule has 5 heteroatoms. The zero-order chi connectivity index (χ0) is 15.7. The number of ether oxygens (including phenoxy) is 1. The van der Waals surface area contributed by atoms with Gasteiger partial charge in [0.15, 0.2) is 0 Å². The molecule has 2 atom stereocenters. The minimum atomic E-state index is -0.554. The molecule has 1 aliphatic rings. The third-order valence-electron chi connectivity index (χ3n) is 4.23. The van der Waals surface area contributed by atoms with Crippen molar-refractivity contribution in [1.82, 2.24) is 4.90 Å². The van der Waals surface area contributed by atoms with Crippen molar-refractivity contribution in [3.05, 3.63) is 42.0 Å². The Balaban J connectivity index is 1.95. The van der Waals surface area contributed by atoms with Crippen LogP contribution in [-0.4, -0.2) is 46.9 Å². The lowest BCUT2D eigenvalue weighted by molar-refractivity contribution is -0.146. The molecule has 0 bridgehead atoms. The average Bonchev–Trinajstić information content (AvgIpc) is 2.90. The summed E-state index contributed by atoms with van der Waals surface area (Å²) in [5, 5.41) is 22.1. The number of β-amino-alcohol motifs (C(OH)–C–C–N with tert-alkyl or cyclic N) is 1. The maximum absolute atomic E-state index is 11.9. The van der Waals surface area contributed by atoms with E-state index >= 15 is 0 Å². The van der Waals surface area contributed by atoms with Gasteiger partial charge in [0.2, 0.25) is 0 Å². The van der Waals surface area contributed by atoms with Gasteiger partial charge in [-0.2, -0.15) is 0 Å². The number of fused-ring (bicyclic) bond motifs is 1. The first kappa shape index (κ1) is 14.8. The summed E-state index contributed by atoms with van der Waals surface area (Å²) < 4.78 is 4.81. The van der Waals surface area contributed by atoms with E-state index in [9.17, 15) is 15.0 Å². The number of aromatic hydroxyl groups is 1. The zero-order valence-electron chi connectivity index (χ0n) is 12.4. The average molecular weight is 301 g/mol. The molecule has 0 spiro atoms. The SMILES string of the molecule is COC(=O)[C@@H]1C[C@H](O)CN1Cc1c(O)ccc2ccccc12. The van der Waals surface area contributed by atoms with Crippen LogP contribution in [0.25, 0.3) is 10.8 Å². The summed E-state index contributed by atoms with van der Waals surface area (Å²) in [5.74, 6) is -0.153. The molecule has 116 valence electrons. The number of carbonyl (C=O) groups excluding carboxylic acids is 1. The summed E-state index contributed by atoms with van der Waals surface area (Å²) in [6, 6.07) is 10.8. The number of hydrogen-bond donors (Lipinski definition) is 2. The first-order valence-electron chi connectivity index (χ1n) is 7.29. The van der Waals surface area contributed by atoms with E-state index in [0.29, 0.717) is 19.5 Å². The van der Waals surface area contributed by atoms with E-state index in [2.05, 4.69) is 0 Å². The van der Waals surface area contributed by atoms with Crippen LogP contribution in [0.4, 0.5) is 0 Å². The van der Waals surface area contributed by atoms with Gasteiger partial charge < -0.3 is 14.9 Å². The van der Waals surface area contributed by atoms with Crippen LogP contribution in [0.5, 0.6) is 5.75 Å². The Morgan fingerprint density at radius 3 is 2.86 bits per heavy atom. The number of rotatable bonds is 3. The molecular formula is C17H19NO4. The highest BCUT2D eigenvalue weighted by Crippen LogP contribution is 2.31. The van der Waals surface area contributed by atoms with E-state index < -0.39 is 12.1 Å². The fourth-order valence-electron chi connectivity index (χ4n) is 3.13. The summed E-state index contributed by atoms with van der Waals surface area (Å²) >= 11 is 0. The fraction of sp³-hybridized carbons (Fsp3) is 0.353. The predicted octanol–water partition coefficient (Wildman–Crippen LogP) is 1.65. The Bertz CT molecular complexity index is 700. The van der Waals surface area contributed by atoms with Crippen molar-refractivity contribution in [2.75, 3.05) is 13.7 Å². The van der Waals surface area contributed by atoms with E-state index in [1.165, 1.54) is 7.11 Å². The van der Waals surface area contributed by atoms with Gasteiger partial charge in [-0.3, -0.25) is 9.69 Å². The number of nitrogens with zero attached hydrogens (tertiary/aromatic N) is 1. The standard InChI is InChI=1S/C17H19NO4/c1-22-17(21)15-8-12(19)9-18(15)10-14-13-5-3-2-4-11(13)6-7-16(14)20/h2-7,12,15,19-20H,8-10H2,1H3/t12-,15-/m0/s1. The molecule has 1 heterocycles. The Kier molecular flexibility index (Phi) is 4.00. The molecule has 2 N–H and O–H groups in total. The number of carbonyl (C=O) groups is 1. The Hall–Kier alpha value is -2.11. The number of methoxy groups -OCH3 is 1. The molecule has 1 fully saturated rings.